The van der Waals surface area contributed by atoms with Crippen LogP contribution in [0.25, 0.3) is 0 Å². The van der Waals surface area contributed by atoms with Crippen LogP contribution >= 0.6 is 0 Å². The predicted octanol–water partition coefficient (Wildman–Crippen LogP) is -0.0150. The molecule has 0 amide bonds. The number of hydrogen-bond donors (Lipinski definition) is 0. The van der Waals surface area contributed by atoms with Crippen molar-refractivity contribution in [1.29, 1.82) is 0 Å². The molecule has 0 nitrogen and oxygen atoms in total. The van der Waals surface area contributed by atoms with Crippen LogP contribution in [0.5, 0.6) is 0 Å². The van der Waals surface area contributed by atoms with Crippen molar-refractivity contribution in [2.75, 3.05) is 0 Å². The van der Waals surface area contributed by atoms with Crippen molar-refractivity contribution in [3.8, 4) is 0 Å². The maximum atomic E-state index is 0. The standard InChI is InChI=1S/Cu.Fe.Ni.Ti.V.Zr. The van der Waals surface area contributed by atoms with E-state index in [0.29, 0.717) is 0 Å². The van der Waals surface area contributed by atoms with E-state index in [1.54, 1.807) is 0 Å². The molecule has 6 heteroatoms. The monoisotopic (exact) mass is 366 g/mol. The average molecular weight is 368 g/mol. The van der Waals surface area contributed by atoms with E-state index in [4.69, 9.17) is 0 Å². The van der Waals surface area contributed by atoms with Gasteiger partial charge < -0.3 is 0 Å². The summed E-state index contributed by atoms with van der Waals surface area (Å²) < 4.78 is 0. The van der Waals surface area contributed by atoms with Crippen molar-refractivity contribution in [3.63, 3.8) is 0 Å². The second-order valence-electron chi connectivity index (χ2n) is 0. The molecule has 0 aliphatic carbocycles. The predicted molar refractivity (Wildman–Crippen MR) is 0 cm³/mol. The van der Waals surface area contributed by atoms with Gasteiger partial charge in [0.05, 0.1) is 0 Å². The molecule has 0 aromatic rings. The summed E-state index contributed by atoms with van der Waals surface area (Å²) >= 11 is 0. The Labute approximate surface area is 115 Å². The number of hydrogen-bond acceptors (Lipinski definition) is 0. The van der Waals surface area contributed by atoms with Crippen LogP contribution in [-0.4, -0.2) is 0 Å². The van der Waals surface area contributed by atoms with Crippen LogP contribution in [0.4, 0.5) is 0 Å². The molecular weight excluding hydrogens is 368 g/mol. The van der Waals surface area contributed by atoms with Crippen LogP contribution in [0, 0.1) is 0 Å². The summed E-state index contributed by atoms with van der Waals surface area (Å²) in [6, 6.07) is 0. The minimum absolute atomic E-state index is 0. The summed E-state index contributed by atoms with van der Waals surface area (Å²) in [5.41, 5.74) is 0. The van der Waals surface area contributed by atoms with Gasteiger partial charge in [-0.05, 0) is 0 Å². The summed E-state index contributed by atoms with van der Waals surface area (Å²) in [5.74, 6) is 0. The topological polar surface area (TPSA) is 0 Å². The second kappa shape index (κ2) is 37.6. The van der Waals surface area contributed by atoms with Gasteiger partial charge in [0.15, 0.2) is 0 Å². The minimum Gasteiger partial charge on any atom is 0 e. The molecular formula is CuFeNiTiVZr. The van der Waals surface area contributed by atoms with E-state index in [0.717, 1.165) is 0 Å². The molecule has 0 atom stereocenters. The molecule has 0 rings (SSSR count). The van der Waals surface area contributed by atoms with Crippen LogP contribution in [-0.2, 0) is 117 Å². The minimum atomic E-state index is 0. The third-order valence-corrected chi connectivity index (χ3v) is 0. The van der Waals surface area contributed by atoms with Crippen LogP contribution in [0.15, 0.2) is 0 Å². The van der Waals surface area contributed by atoms with Gasteiger partial charge >= 0.3 is 0 Å². The fourth-order valence-corrected chi connectivity index (χ4v) is 0. The fraction of sp³-hybridized carbons (Fsp3) is 0. The molecule has 0 saturated heterocycles. The normalized spacial score (nSPS) is 0. The molecule has 0 aromatic carbocycles. The van der Waals surface area contributed by atoms with E-state index >= 15 is 0 Å². The van der Waals surface area contributed by atoms with E-state index in [2.05, 4.69) is 0 Å². The second-order valence-corrected chi connectivity index (χ2v) is 0. The third-order valence-electron chi connectivity index (χ3n) is 0. The van der Waals surface area contributed by atoms with E-state index in [9.17, 15) is 0 Å². The fourth-order valence-electron chi connectivity index (χ4n) is 0. The zero-order chi connectivity index (χ0) is 0. The number of rotatable bonds is 0. The van der Waals surface area contributed by atoms with Crippen LogP contribution in [0.3, 0.4) is 0 Å². The molecule has 0 aliphatic heterocycles. The molecule has 0 fully saturated rings. The van der Waals surface area contributed by atoms with Crippen molar-refractivity contribution in [2.45, 2.75) is 0 Å². The first-order valence-electron chi connectivity index (χ1n) is 0. The Hall–Kier alpha value is 3.71. The van der Waals surface area contributed by atoms with Gasteiger partial charge in [0, 0.05) is 117 Å². The first-order valence-corrected chi connectivity index (χ1v) is 0. The van der Waals surface area contributed by atoms with Gasteiger partial charge in [0.2, 0.25) is 0 Å². The smallest absolute Gasteiger partial charge is 0 e. The van der Waals surface area contributed by atoms with E-state index in [1.807, 2.05) is 0 Å². The zero-order valence-corrected chi connectivity index (χ0v) is 10.9. The van der Waals surface area contributed by atoms with Crippen molar-refractivity contribution in [1.82, 2.24) is 0 Å². The summed E-state index contributed by atoms with van der Waals surface area (Å²) in [5, 5.41) is 0. The molecule has 0 heterocycles. The van der Waals surface area contributed by atoms with Crippen LogP contribution in [0.1, 0.15) is 0 Å². The van der Waals surface area contributed by atoms with Gasteiger partial charge in [0.1, 0.15) is 0 Å². The maximum absolute atomic E-state index is 0. The summed E-state index contributed by atoms with van der Waals surface area (Å²) in [7, 11) is 0. The Kier molecular flexibility index (Phi) is 335. The summed E-state index contributed by atoms with van der Waals surface area (Å²) in [6.07, 6.45) is 0. The van der Waals surface area contributed by atoms with Crippen molar-refractivity contribution in [2.24, 2.45) is 0 Å². The van der Waals surface area contributed by atoms with Crippen LogP contribution < -0.4 is 0 Å². The summed E-state index contributed by atoms with van der Waals surface area (Å²) in [4.78, 5) is 0. The first kappa shape index (κ1) is 53.5. The van der Waals surface area contributed by atoms with Crippen molar-refractivity contribution >= 4 is 0 Å². The molecule has 0 aliphatic rings. The van der Waals surface area contributed by atoms with E-state index in [-0.39, 0.29) is 117 Å². The largest absolute Gasteiger partial charge is 0 e. The molecule has 0 saturated carbocycles. The Morgan fingerprint density at radius 2 is 1.00 bits per heavy atom. The molecule has 0 unspecified atom stereocenters. The molecule has 2 radical (unpaired) electrons. The molecule has 0 aromatic heterocycles. The molecule has 0 spiro atoms. The maximum Gasteiger partial charge on any atom is 0 e. The van der Waals surface area contributed by atoms with Crippen molar-refractivity contribution in [3.05, 3.63) is 0 Å². The van der Waals surface area contributed by atoms with Gasteiger partial charge in [-0.15, -0.1) is 0 Å². The Balaban J connectivity index is 0. The average Bonchev–Trinajstić information content (AvgIpc) is 0. The van der Waals surface area contributed by atoms with E-state index in [1.165, 1.54) is 0 Å². The van der Waals surface area contributed by atoms with Gasteiger partial charge in [-0.25, -0.2) is 0 Å². The molecule has 6 heavy (non-hydrogen) atoms. The van der Waals surface area contributed by atoms with Gasteiger partial charge in [-0.2, -0.15) is 0 Å². The van der Waals surface area contributed by atoms with Gasteiger partial charge in [0.25, 0.3) is 0 Å². The molecule has 0 bridgehead atoms. The first-order chi connectivity index (χ1) is 0. The Bertz CT molecular complexity index is 15.5. The molecule has 42 valence electrons. The third kappa shape index (κ3) is 25.2. The zero-order valence-electron chi connectivity index (χ0n) is 2.42. The quantitative estimate of drug-likeness (QED) is 0.528. The van der Waals surface area contributed by atoms with Crippen molar-refractivity contribution < 1.29 is 117 Å². The van der Waals surface area contributed by atoms with Gasteiger partial charge in [-0.1, -0.05) is 0 Å². The SMILES string of the molecule is [Cu].[Fe].[Ni].[Ti].[V].[Zr]. The molecule has 0 N–H and O–H groups in total. The van der Waals surface area contributed by atoms with Gasteiger partial charge in [-0.3, -0.25) is 0 Å². The Morgan fingerprint density at radius 3 is 1.00 bits per heavy atom. The Morgan fingerprint density at radius 1 is 1.00 bits per heavy atom. The summed E-state index contributed by atoms with van der Waals surface area (Å²) in [6.45, 7) is 0. The van der Waals surface area contributed by atoms with E-state index < -0.39 is 0 Å². The van der Waals surface area contributed by atoms with Crippen LogP contribution in [0.2, 0.25) is 0 Å².